The molecule has 1 rings (SSSR count). The van der Waals surface area contributed by atoms with Crippen LogP contribution in [0.4, 0.5) is 11.4 Å². The predicted molar refractivity (Wildman–Crippen MR) is 91.2 cm³/mol. The number of amides is 2. The van der Waals surface area contributed by atoms with E-state index < -0.39 is 11.8 Å². The van der Waals surface area contributed by atoms with Crippen LogP contribution in [0.25, 0.3) is 0 Å². The van der Waals surface area contributed by atoms with E-state index in [1.807, 2.05) is 38.1 Å². The standard InChI is InChI=1S/C17H27N3O2/c1-5-7-13-20(12-6-2)17(22)16(21)18-14-8-10-15(11-9-14)19(3)4/h8-11H,5-7,12-13H2,1-4H3,(H,18,21). The number of hydrogen-bond acceptors (Lipinski definition) is 3. The Morgan fingerprint density at radius 1 is 1.00 bits per heavy atom. The molecule has 0 fully saturated rings. The van der Waals surface area contributed by atoms with Gasteiger partial charge in [0.2, 0.25) is 0 Å². The molecule has 2 amide bonds. The fourth-order valence-corrected chi connectivity index (χ4v) is 2.10. The Morgan fingerprint density at radius 3 is 2.14 bits per heavy atom. The van der Waals surface area contributed by atoms with Crippen molar-refractivity contribution in [3.05, 3.63) is 24.3 Å². The molecule has 0 heterocycles. The SMILES string of the molecule is CCCCN(CCC)C(=O)C(=O)Nc1ccc(N(C)C)cc1. The monoisotopic (exact) mass is 305 g/mol. The number of benzene rings is 1. The van der Waals surface area contributed by atoms with Crippen LogP contribution < -0.4 is 10.2 Å². The van der Waals surface area contributed by atoms with E-state index in [1.165, 1.54) is 0 Å². The molecule has 1 aromatic rings. The molecule has 5 heteroatoms. The summed E-state index contributed by atoms with van der Waals surface area (Å²) in [5, 5.41) is 2.67. The highest BCUT2D eigenvalue weighted by atomic mass is 16.2. The van der Waals surface area contributed by atoms with E-state index in [1.54, 1.807) is 17.0 Å². The van der Waals surface area contributed by atoms with E-state index in [0.29, 0.717) is 18.8 Å². The highest BCUT2D eigenvalue weighted by molar-refractivity contribution is 6.39. The summed E-state index contributed by atoms with van der Waals surface area (Å²) in [5.41, 5.74) is 1.68. The molecule has 0 aliphatic heterocycles. The number of carbonyl (C=O) groups is 2. The summed E-state index contributed by atoms with van der Waals surface area (Å²) in [7, 11) is 3.90. The van der Waals surface area contributed by atoms with Crippen molar-refractivity contribution in [2.45, 2.75) is 33.1 Å². The minimum atomic E-state index is -0.567. The lowest BCUT2D eigenvalue weighted by molar-refractivity contribution is -0.143. The van der Waals surface area contributed by atoms with Gasteiger partial charge in [0.1, 0.15) is 0 Å². The van der Waals surface area contributed by atoms with Crippen molar-refractivity contribution >= 4 is 23.2 Å². The Balaban J connectivity index is 2.66. The van der Waals surface area contributed by atoms with Gasteiger partial charge in [0.05, 0.1) is 0 Å². The van der Waals surface area contributed by atoms with E-state index in [4.69, 9.17) is 0 Å². The lowest BCUT2D eigenvalue weighted by Gasteiger charge is -2.21. The number of unbranched alkanes of at least 4 members (excludes halogenated alkanes) is 1. The topological polar surface area (TPSA) is 52.7 Å². The van der Waals surface area contributed by atoms with Crippen LogP contribution >= 0.6 is 0 Å². The third kappa shape index (κ3) is 5.39. The molecule has 0 saturated heterocycles. The lowest BCUT2D eigenvalue weighted by Crippen LogP contribution is -2.40. The first-order valence-corrected chi connectivity index (χ1v) is 7.87. The molecule has 5 nitrogen and oxygen atoms in total. The van der Waals surface area contributed by atoms with Gasteiger partial charge in [0.15, 0.2) is 0 Å². The van der Waals surface area contributed by atoms with Crippen LogP contribution in [0.3, 0.4) is 0 Å². The molecule has 122 valence electrons. The Kier molecular flexibility index (Phi) is 7.43. The minimum Gasteiger partial charge on any atom is -0.378 e. The molecule has 0 atom stereocenters. The van der Waals surface area contributed by atoms with Crippen molar-refractivity contribution in [3.63, 3.8) is 0 Å². The highest BCUT2D eigenvalue weighted by Gasteiger charge is 2.20. The van der Waals surface area contributed by atoms with Crippen LogP contribution in [0.15, 0.2) is 24.3 Å². The molecule has 0 spiro atoms. The Morgan fingerprint density at radius 2 is 1.64 bits per heavy atom. The maximum atomic E-state index is 12.2. The first-order chi connectivity index (χ1) is 10.5. The summed E-state index contributed by atoms with van der Waals surface area (Å²) in [4.78, 5) is 27.9. The first-order valence-electron chi connectivity index (χ1n) is 7.87. The number of anilines is 2. The molecule has 0 radical (unpaired) electrons. The van der Waals surface area contributed by atoms with Crippen molar-refractivity contribution < 1.29 is 9.59 Å². The maximum absolute atomic E-state index is 12.2. The first kappa shape index (κ1) is 18.0. The van der Waals surface area contributed by atoms with Gasteiger partial charge in [-0.2, -0.15) is 0 Å². The van der Waals surface area contributed by atoms with Gasteiger partial charge in [0.25, 0.3) is 0 Å². The summed E-state index contributed by atoms with van der Waals surface area (Å²) < 4.78 is 0. The summed E-state index contributed by atoms with van der Waals surface area (Å²) in [6.45, 7) is 5.33. The zero-order valence-electron chi connectivity index (χ0n) is 14.1. The molecule has 0 aromatic heterocycles. The summed E-state index contributed by atoms with van der Waals surface area (Å²) in [5.74, 6) is -1.02. The zero-order valence-corrected chi connectivity index (χ0v) is 14.1. The fourth-order valence-electron chi connectivity index (χ4n) is 2.10. The second kappa shape index (κ2) is 9.07. The van der Waals surface area contributed by atoms with Gasteiger partial charge in [-0.05, 0) is 37.1 Å². The predicted octanol–water partition coefficient (Wildman–Crippen LogP) is 2.73. The maximum Gasteiger partial charge on any atom is 0.313 e. The highest BCUT2D eigenvalue weighted by Crippen LogP contribution is 2.15. The van der Waals surface area contributed by atoms with Crippen molar-refractivity contribution in [1.29, 1.82) is 0 Å². The van der Waals surface area contributed by atoms with E-state index >= 15 is 0 Å². The van der Waals surface area contributed by atoms with Crippen LogP contribution in [0.2, 0.25) is 0 Å². The zero-order chi connectivity index (χ0) is 16.5. The van der Waals surface area contributed by atoms with Crippen LogP contribution in [-0.4, -0.2) is 43.9 Å². The average Bonchev–Trinajstić information content (AvgIpc) is 2.51. The van der Waals surface area contributed by atoms with E-state index in [0.717, 1.165) is 24.9 Å². The van der Waals surface area contributed by atoms with E-state index in [9.17, 15) is 9.59 Å². The second-order valence-electron chi connectivity index (χ2n) is 5.54. The lowest BCUT2D eigenvalue weighted by atomic mass is 10.2. The normalized spacial score (nSPS) is 10.2. The fraction of sp³-hybridized carbons (Fsp3) is 0.529. The molecule has 1 N–H and O–H groups in total. The van der Waals surface area contributed by atoms with Gasteiger partial charge in [-0.1, -0.05) is 20.3 Å². The van der Waals surface area contributed by atoms with Crippen molar-refractivity contribution in [2.24, 2.45) is 0 Å². The van der Waals surface area contributed by atoms with Crippen LogP contribution in [-0.2, 0) is 9.59 Å². The van der Waals surface area contributed by atoms with Crippen LogP contribution in [0.1, 0.15) is 33.1 Å². The summed E-state index contributed by atoms with van der Waals surface area (Å²) in [6.07, 6.45) is 2.76. The molecule has 0 bridgehead atoms. The molecule has 0 aliphatic rings. The summed E-state index contributed by atoms with van der Waals surface area (Å²) >= 11 is 0. The number of rotatable bonds is 7. The molecule has 1 aromatic carbocycles. The molecular formula is C17H27N3O2. The van der Waals surface area contributed by atoms with Gasteiger partial charge in [-0.3, -0.25) is 9.59 Å². The minimum absolute atomic E-state index is 0.452. The Hall–Kier alpha value is -2.04. The van der Waals surface area contributed by atoms with E-state index in [-0.39, 0.29) is 0 Å². The molecule has 0 saturated carbocycles. The van der Waals surface area contributed by atoms with Gasteiger partial charge in [0, 0.05) is 38.6 Å². The average molecular weight is 305 g/mol. The van der Waals surface area contributed by atoms with Crippen molar-refractivity contribution in [1.82, 2.24) is 4.90 Å². The van der Waals surface area contributed by atoms with Crippen molar-refractivity contribution in [2.75, 3.05) is 37.4 Å². The van der Waals surface area contributed by atoms with Gasteiger partial charge < -0.3 is 15.1 Å². The molecular weight excluding hydrogens is 278 g/mol. The van der Waals surface area contributed by atoms with Crippen LogP contribution in [0.5, 0.6) is 0 Å². The van der Waals surface area contributed by atoms with Crippen LogP contribution in [0, 0.1) is 0 Å². The molecule has 22 heavy (non-hydrogen) atoms. The number of carbonyl (C=O) groups excluding carboxylic acids is 2. The number of nitrogens with zero attached hydrogens (tertiary/aromatic N) is 2. The Bertz CT molecular complexity index is 483. The van der Waals surface area contributed by atoms with Crippen molar-refractivity contribution in [3.8, 4) is 0 Å². The third-order valence-corrected chi connectivity index (χ3v) is 3.40. The Labute approximate surface area is 133 Å². The second-order valence-corrected chi connectivity index (χ2v) is 5.54. The van der Waals surface area contributed by atoms with Gasteiger partial charge in [-0.15, -0.1) is 0 Å². The van der Waals surface area contributed by atoms with Gasteiger partial charge >= 0.3 is 11.8 Å². The number of nitrogens with one attached hydrogen (secondary N) is 1. The smallest absolute Gasteiger partial charge is 0.313 e. The van der Waals surface area contributed by atoms with E-state index in [2.05, 4.69) is 12.2 Å². The summed E-state index contributed by atoms with van der Waals surface area (Å²) in [6, 6.07) is 7.41. The third-order valence-electron chi connectivity index (χ3n) is 3.40. The number of hydrogen-bond donors (Lipinski definition) is 1. The quantitative estimate of drug-likeness (QED) is 0.788. The van der Waals surface area contributed by atoms with Gasteiger partial charge in [-0.25, -0.2) is 0 Å². The largest absolute Gasteiger partial charge is 0.378 e. The molecule has 0 unspecified atom stereocenters. The molecule has 0 aliphatic carbocycles.